The van der Waals surface area contributed by atoms with Crippen molar-refractivity contribution in [3.8, 4) is 0 Å². The number of amides is 1. The Balaban J connectivity index is 0.00000385. The van der Waals surface area contributed by atoms with E-state index >= 15 is 0 Å². The largest absolute Gasteiger partial charge is 0.369 e. The highest BCUT2D eigenvalue weighted by Gasteiger charge is 2.26. The summed E-state index contributed by atoms with van der Waals surface area (Å²) in [5.41, 5.74) is 6.63. The lowest BCUT2D eigenvalue weighted by Crippen LogP contribution is -2.42. The molecule has 0 aromatic carbocycles. The van der Waals surface area contributed by atoms with Gasteiger partial charge in [0, 0.05) is 50.5 Å². The van der Waals surface area contributed by atoms with Crippen LogP contribution in [0.1, 0.15) is 57.9 Å². The number of rotatable bonds is 9. The number of anilines is 1. The number of nitrogens with two attached hydrogens (primary N) is 1. The standard InChI is InChI=1S/C24H41N7O.HI/c1-3-26-24(28-13-8-16-30-14-5-4-9-19(30)2)29-17-20-10-6-12-27-23(20)31-15-7-11-21(18-31)22(25)32;/h6,10,12,19,21H,3-5,7-9,11,13-18H2,1-2H3,(H2,25,32)(H2,26,28,29);1H. The Hall–Kier alpha value is -1.62. The zero-order chi connectivity index (χ0) is 22.8. The number of pyridine rings is 1. The first-order chi connectivity index (χ1) is 15.6. The zero-order valence-electron chi connectivity index (χ0n) is 20.3. The number of aliphatic imine (C=N–C) groups is 1. The van der Waals surface area contributed by atoms with E-state index in [2.05, 4.69) is 45.3 Å². The average Bonchev–Trinajstić information content (AvgIpc) is 2.81. The number of aromatic nitrogens is 1. The van der Waals surface area contributed by atoms with Crippen molar-refractivity contribution in [3.05, 3.63) is 23.9 Å². The van der Waals surface area contributed by atoms with Gasteiger partial charge in [-0.3, -0.25) is 4.79 Å². The van der Waals surface area contributed by atoms with Gasteiger partial charge in [0.25, 0.3) is 0 Å². The molecule has 186 valence electrons. The molecule has 0 spiro atoms. The minimum atomic E-state index is -0.220. The Morgan fingerprint density at radius 2 is 2.09 bits per heavy atom. The van der Waals surface area contributed by atoms with Gasteiger partial charge in [0.05, 0.1) is 12.5 Å². The summed E-state index contributed by atoms with van der Waals surface area (Å²) in [4.78, 5) is 25.9. The number of hydrogen-bond donors (Lipinski definition) is 3. The van der Waals surface area contributed by atoms with Crippen LogP contribution in [-0.2, 0) is 11.3 Å². The second-order valence-electron chi connectivity index (χ2n) is 9.03. The van der Waals surface area contributed by atoms with Crippen molar-refractivity contribution < 1.29 is 4.79 Å². The number of hydrogen-bond acceptors (Lipinski definition) is 5. The van der Waals surface area contributed by atoms with Gasteiger partial charge in [-0.2, -0.15) is 0 Å². The maximum absolute atomic E-state index is 11.7. The summed E-state index contributed by atoms with van der Waals surface area (Å²) >= 11 is 0. The first-order valence-electron chi connectivity index (χ1n) is 12.3. The summed E-state index contributed by atoms with van der Waals surface area (Å²) in [6, 6.07) is 4.73. The van der Waals surface area contributed by atoms with Crippen molar-refractivity contribution in [2.75, 3.05) is 44.2 Å². The van der Waals surface area contributed by atoms with Crippen LogP contribution in [0.25, 0.3) is 0 Å². The van der Waals surface area contributed by atoms with E-state index in [-0.39, 0.29) is 35.8 Å². The molecule has 0 saturated carbocycles. The van der Waals surface area contributed by atoms with Gasteiger partial charge >= 0.3 is 0 Å². The lowest BCUT2D eigenvalue weighted by atomic mass is 9.97. The third-order valence-corrected chi connectivity index (χ3v) is 6.60. The number of carbonyl (C=O) groups excluding carboxylic acids is 1. The predicted molar refractivity (Wildman–Crippen MR) is 146 cm³/mol. The van der Waals surface area contributed by atoms with Crippen molar-refractivity contribution in [2.24, 2.45) is 16.6 Å². The molecule has 2 fully saturated rings. The lowest BCUT2D eigenvalue weighted by molar-refractivity contribution is -0.122. The molecule has 3 heterocycles. The van der Waals surface area contributed by atoms with Gasteiger partial charge in [0.1, 0.15) is 5.82 Å². The molecule has 2 atom stereocenters. The van der Waals surface area contributed by atoms with E-state index in [9.17, 15) is 4.79 Å². The predicted octanol–water partition coefficient (Wildman–Crippen LogP) is 2.72. The van der Waals surface area contributed by atoms with E-state index in [1.54, 1.807) is 0 Å². The molecular formula is C24H42IN7O. The van der Waals surface area contributed by atoms with E-state index < -0.39 is 0 Å². The summed E-state index contributed by atoms with van der Waals surface area (Å²) < 4.78 is 0. The van der Waals surface area contributed by atoms with Crippen LogP contribution in [-0.4, -0.2) is 67.1 Å². The highest BCUT2D eigenvalue weighted by molar-refractivity contribution is 14.0. The number of nitrogens with one attached hydrogen (secondary N) is 2. The number of halogens is 1. The number of carbonyl (C=O) groups is 1. The topological polar surface area (TPSA) is 98.9 Å². The van der Waals surface area contributed by atoms with Gasteiger partial charge in [-0.25, -0.2) is 9.98 Å². The molecule has 1 amide bonds. The van der Waals surface area contributed by atoms with Crippen LogP contribution < -0.4 is 21.3 Å². The van der Waals surface area contributed by atoms with Gasteiger partial charge in [-0.15, -0.1) is 24.0 Å². The number of likely N-dealkylation sites (tertiary alicyclic amines) is 1. The van der Waals surface area contributed by atoms with Gasteiger partial charge in [-0.1, -0.05) is 12.5 Å². The zero-order valence-corrected chi connectivity index (χ0v) is 22.6. The molecule has 4 N–H and O–H groups in total. The Morgan fingerprint density at radius 3 is 2.85 bits per heavy atom. The summed E-state index contributed by atoms with van der Waals surface area (Å²) in [7, 11) is 0. The second-order valence-corrected chi connectivity index (χ2v) is 9.03. The Labute approximate surface area is 216 Å². The highest BCUT2D eigenvalue weighted by Crippen LogP contribution is 2.25. The monoisotopic (exact) mass is 571 g/mol. The maximum Gasteiger partial charge on any atom is 0.222 e. The van der Waals surface area contributed by atoms with Gasteiger partial charge in [-0.05, 0) is 58.6 Å². The highest BCUT2D eigenvalue weighted by atomic mass is 127. The Morgan fingerprint density at radius 1 is 1.24 bits per heavy atom. The molecule has 2 saturated heterocycles. The van der Waals surface area contributed by atoms with Crippen molar-refractivity contribution in [3.63, 3.8) is 0 Å². The minimum Gasteiger partial charge on any atom is -0.369 e. The number of piperidine rings is 2. The molecule has 0 radical (unpaired) electrons. The third kappa shape index (κ3) is 8.59. The minimum absolute atomic E-state index is 0. The first kappa shape index (κ1) is 27.6. The van der Waals surface area contributed by atoms with E-state index in [4.69, 9.17) is 10.7 Å². The van der Waals surface area contributed by atoms with E-state index in [1.807, 2.05) is 12.3 Å². The van der Waals surface area contributed by atoms with E-state index in [0.717, 1.165) is 62.8 Å². The Bertz CT molecular complexity index is 760. The lowest BCUT2D eigenvalue weighted by Gasteiger charge is -2.33. The second kappa shape index (κ2) is 14.6. The molecule has 2 unspecified atom stereocenters. The number of primary amides is 1. The van der Waals surface area contributed by atoms with Crippen LogP contribution in [0.5, 0.6) is 0 Å². The van der Waals surface area contributed by atoms with Crippen molar-refractivity contribution in [1.29, 1.82) is 0 Å². The fourth-order valence-electron chi connectivity index (χ4n) is 4.72. The first-order valence-corrected chi connectivity index (χ1v) is 12.3. The van der Waals surface area contributed by atoms with Crippen molar-refractivity contribution in [2.45, 2.75) is 65.0 Å². The molecular weight excluding hydrogens is 529 g/mol. The fourth-order valence-corrected chi connectivity index (χ4v) is 4.72. The average molecular weight is 572 g/mol. The van der Waals surface area contributed by atoms with E-state index in [0.29, 0.717) is 19.1 Å². The molecule has 0 bridgehead atoms. The van der Waals surface area contributed by atoms with Gasteiger partial charge in [0.2, 0.25) is 5.91 Å². The normalized spacial score (nSPS) is 21.9. The van der Waals surface area contributed by atoms with Crippen molar-refractivity contribution in [1.82, 2.24) is 20.5 Å². The van der Waals surface area contributed by atoms with Crippen molar-refractivity contribution >= 4 is 41.7 Å². The number of guanidine groups is 1. The quantitative estimate of drug-likeness (QED) is 0.183. The molecule has 2 aliphatic heterocycles. The molecule has 33 heavy (non-hydrogen) atoms. The van der Waals surface area contributed by atoms with Crippen LogP contribution in [0.15, 0.2) is 23.3 Å². The molecule has 3 rings (SSSR count). The molecule has 1 aromatic rings. The van der Waals surface area contributed by atoms with Crippen LogP contribution in [0, 0.1) is 5.92 Å². The summed E-state index contributed by atoms with van der Waals surface area (Å²) in [5.74, 6) is 1.42. The SMILES string of the molecule is CCNC(=NCc1cccnc1N1CCCC(C(N)=O)C1)NCCCN1CCCCC1C.I. The summed E-state index contributed by atoms with van der Waals surface area (Å²) in [6.45, 7) is 10.6. The smallest absolute Gasteiger partial charge is 0.222 e. The van der Waals surface area contributed by atoms with Crippen LogP contribution >= 0.6 is 24.0 Å². The fraction of sp³-hybridized carbons (Fsp3) is 0.708. The summed E-state index contributed by atoms with van der Waals surface area (Å²) in [6.07, 6.45) is 8.74. The van der Waals surface area contributed by atoms with Crippen LogP contribution in [0.3, 0.4) is 0 Å². The molecule has 2 aliphatic rings. The van der Waals surface area contributed by atoms with Crippen LogP contribution in [0.2, 0.25) is 0 Å². The van der Waals surface area contributed by atoms with Gasteiger partial charge < -0.3 is 26.2 Å². The number of nitrogens with zero attached hydrogens (tertiary/aromatic N) is 4. The third-order valence-electron chi connectivity index (χ3n) is 6.60. The molecule has 8 nitrogen and oxygen atoms in total. The Kier molecular flexibility index (Phi) is 12.2. The van der Waals surface area contributed by atoms with Crippen LogP contribution in [0.4, 0.5) is 5.82 Å². The van der Waals surface area contributed by atoms with E-state index in [1.165, 1.54) is 25.8 Å². The van der Waals surface area contributed by atoms with Gasteiger partial charge in [0.15, 0.2) is 5.96 Å². The molecule has 1 aromatic heterocycles. The summed E-state index contributed by atoms with van der Waals surface area (Å²) in [5, 5.41) is 6.83. The molecule has 9 heteroatoms. The molecule has 0 aliphatic carbocycles. The maximum atomic E-state index is 11.7.